The summed E-state index contributed by atoms with van der Waals surface area (Å²) in [6.45, 7) is 0. The van der Waals surface area contributed by atoms with Gasteiger partial charge >= 0.3 is 0 Å². The summed E-state index contributed by atoms with van der Waals surface area (Å²) in [7, 11) is -6.41. The summed E-state index contributed by atoms with van der Waals surface area (Å²) in [5.74, 6) is -0.557. The molecule has 1 amide bonds. The van der Waals surface area contributed by atoms with Gasteiger partial charge in [0.05, 0.1) is 26.7 Å². The number of anilines is 3. The molecule has 0 aliphatic carbocycles. The number of nitrogens with zero attached hydrogens (tertiary/aromatic N) is 1. The summed E-state index contributed by atoms with van der Waals surface area (Å²) in [6, 6.07) is 26.1. The second-order valence-corrected chi connectivity index (χ2v) is 12.0. The summed E-state index contributed by atoms with van der Waals surface area (Å²) in [6.07, 6.45) is 0. The van der Waals surface area contributed by atoms with Crippen LogP contribution in [0.2, 0.25) is 5.02 Å². The van der Waals surface area contributed by atoms with Crippen molar-refractivity contribution in [1.29, 1.82) is 0 Å². The fourth-order valence-corrected chi connectivity index (χ4v) is 5.98. The van der Waals surface area contributed by atoms with Crippen LogP contribution >= 0.6 is 11.6 Å². The van der Waals surface area contributed by atoms with Crippen LogP contribution in [0.25, 0.3) is 0 Å². The van der Waals surface area contributed by atoms with Gasteiger partial charge in [-0.15, -0.1) is 0 Å². The molecule has 2 N–H and O–H groups in total. The molecular formula is C26H22ClN3O5S2. The monoisotopic (exact) mass is 555 g/mol. The number of hydrogen-bond acceptors (Lipinski definition) is 5. The first kappa shape index (κ1) is 26.2. The molecule has 0 spiro atoms. The SMILES string of the molecule is CN(c1ccccc1C(=O)Nc1ccc(S(=O)(=O)Nc2cccc(Cl)c2)cc1)S(=O)(=O)c1ccccc1. The summed E-state index contributed by atoms with van der Waals surface area (Å²) in [5.41, 5.74) is 0.962. The third-order valence-corrected chi connectivity index (χ3v) is 8.81. The van der Waals surface area contributed by atoms with E-state index >= 15 is 0 Å². The van der Waals surface area contributed by atoms with Gasteiger partial charge in [0, 0.05) is 17.8 Å². The number of hydrogen-bond donors (Lipinski definition) is 2. The highest BCUT2D eigenvalue weighted by Gasteiger charge is 2.25. The maximum Gasteiger partial charge on any atom is 0.264 e. The normalized spacial score (nSPS) is 11.5. The van der Waals surface area contributed by atoms with Gasteiger partial charge in [-0.3, -0.25) is 13.8 Å². The number of amides is 1. The summed E-state index contributed by atoms with van der Waals surface area (Å²) >= 11 is 5.91. The largest absolute Gasteiger partial charge is 0.322 e. The first-order valence-corrected chi connectivity index (χ1v) is 14.2. The number of rotatable bonds is 8. The third kappa shape index (κ3) is 5.93. The molecule has 0 aromatic heterocycles. The number of sulfonamides is 2. The molecular weight excluding hydrogens is 534 g/mol. The van der Waals surface area contributed by atoms with E-state index in [9.17, 15) is 21.6 Å². The Kier molecular flexibility index (Phi) is 7.53. The average Bonchev–Trinajstić information content (AvgIpc) is 2.89. The van der Waals surface area contributed by atoms with Crippen molar-refractivity contribution in [2.24, 2.45) is 0 Å². The van der Waals surface area contributed by atoms with Crippen LogP contribution in [0.4, 0.5) is 17.1 Å². The molecule has 0 radical (unpaired) electrons. The predicted molar refractivity (Wildman–Crippen MR) is 145 cm³/mol. The summed E-state index contributed by atoms with van der Waals surface area (Å²) < 4.78 is 55.0. The van der Waals surface area contributed by atoms with E-state index in [1.165, 1.54) is 61.6 Å². The smallest absolute Gasteiger partial charge is 0.264 e. The molecule has 0 saturated carbocycles. The van der Waals surface area contributed by atoms with Crippen LogP contribution in [0.5, 0.6) is 0 Å². The molecule has 0 aliphatic rings. The van der Waals surface area contributed by atoms with E-state index in [0.29, 0.717) is 16.4 Å². The van der Waals surface area contributed by atoms with Gasteiger partial charge in [-0.25, -0.2) is 16.8 Å². The minimum Gasteiger partial charge on any atom is -0.322 e. The van der Waals surface area contributed by atoms with Gasteiger partial charge in [0.2, 0.25) is 0 Å². The highest BCUT2D eigenvalue weighted by atomic mass is 35.5. The zero-order valence-corrected chi connectivity index (χ0v) is 21.9. The Morgan fingerprint density at radius 3 is 2.05 bits per heavy atom. The van der Waals surface area contributed by atoms with E-state index in [0.717, 1.165) is 4.31 Å². The highest BCUT2D eigenvalue weighted by molar-refractivity contribution is 7.93. The van der Waals surface area contributed by atoms with Crippen molar-refractivity contribution in [2.75, 3.05) is 21.4 Å². The van der Waals surface area contributed by atoms with Crippen molar-refractivity contribution in [3.05, 3.63) is 114 Å². The molecule has 0 heterocycles. The van der Waals surface area contributed by atoms with Crippen molar-refractivity contribution in [1.82, 2.24) is 0 Å². The zero-order chi connectivity index (χ0) is 26.6. The minimum absolute atomic E-state index is 0.0143. The van der Waals surface area contributed by atoms with Gasteiger partial charge in [0.15, 0.2) is 0 Å². The lowest BCUT2D eigenvalue weighted by Gasteiger charge is -2.22. The van der Waals surface area contributed by atoms with Crippen molar-refractivity contribution < 1.29 is 21.6 Å². The second-order valence-electron chi connectivity index (χ2n) is 7.90. The second kappa shape index (κ2) is 10.6. The highest BCUT2D eigenvalue weighted by Crippen LogP contribution is 2.27. The Morgan fingerprint density at radius 2 is 1.38 bits per heavy atom. The van der Waals surface area contributed by atoms with Gasteiger partial charge < -0.3 is 5.32 Å². The van der Waals surface area contributed by atoms with E-state index in [1.54, 1.807) is 48.5 Å². The lowest BCUT2D eigenvalue weighted by atomic mass is 10.1. The molecule has 190 valence electrons. The van der Waals surface area contributed by atoms with Gasteiger partial charge in [0.1, 0.15) is 0 Å². The third-order valence-electron chi connectivity index (χ3n) is 5.39. The molecule has 37 heavy (non-hydrogen) atoms. The van der Waals surface area contributed by atoms with Crippen LogP contribution in [0.15, 0.2) is 113 Å². The Balaban J connectivity index is 1.53. The number of carbonyl (C=O) groups is 1. The maximum atomic E-state index is 13.1. The van der Waals surface area contributed by atoms with E-state index in [2.05, 4.69) is 10.0 Å². The van der Waals surface area contributed by atoms with Crippen molar-refractivity contribution in [3.8, 4) is 0 Å². The van der Waals surface area contributed by atoms with Crippen LogP contribution in [0.3, 0.4) is 0 Å². The Labute approximate surface area is 220 Å². The first-order valence-electron chi connectivity index (χ1n) is 10.9. The molecule has 8 nitrogen and oxygen atoms in total. The fraction of sp³-hybridized carbons (Fsp3) is 0.0385. The van der Waals surface area contributed by atoms with E-state index in [-0.39, 0.29) is 21.0 Å². The van der Waals surface area contributed by atoms with Gasteiger partial charge in [-0.2, -0.15) is 0 Å². The van der Waals surface area contributed by atoms with E-state index < -0.39 is 26.0 Å². The number of carbonyl (C=O) groups excluding carboxylic acids is 1. The van der Waals surface area contributed by atoms with Crippen molar-refractivity contribution >= 4 is 54.6 Å². The molecule has 4 aromatic carbocycles. The lowest BCUT2D eigenvalue weighted by molar-refractivity contribution is 0.102. The summed E-state index contributed by atoms with van der Waals surface area (Å²) in [4.78, 5) is 13.2. The van der Waals surface area contributed by atoms with Crippen molar-refractivity contribution in [3.63, 3.8) is 0 Å². The molecule has 0 atom stereocenters. The summed E-state index contributed by atoms with van der Waals surface area (Å²) in [5, 5.41) is 3.08. The standard InChI is InChI=1S/C26H22ClN3O5S2/c1-30(37(34,35)23-10-3-2-4-11-23)25-13-6-5-12-24(25)26(31)28-20-14-16-22(17-15-20)36(32,33)29-21-9-7-8-19(27)18-21/h2-18,29H,1H3,(H,28,31). The van der Waals surface area contributed by atoms with Crippen LogP contribution in [-0.2, 0) is 20.0 Å². The molecule has 0 aliphatic heterocycles. The minimum atomic E-state index is -3.90. The van der Waals surface area contributed by atoms with Crippen LogP contribution < -0.4 is 14.3 Å². The van der Waals surface area contributed by atoms with E-state index in [1.807, 2.05) is 0 Å². The quantitative estimate of drug-likeness (QED) is 0.309. The van der Waals surface area contributed by atoms with Crippen molar-refractivity contribution in [2.45, 2.75) is 9.79 Å². The molecule has 11 heteroatoms. The zero-order valence-electron chi connectivity index (χ0n) is 19.5. The fourth-order valence-electron chi connectivity index (χ4n) is 3.50. The number of nitrogens with one attached hydrogen (secondary N) is 2. The number of para-hydroxylation sites is 1. The maximum absolute atomic E-state index is 13.1. The van der Waals surface area contributed by atoms with Gasteiger partial charge in [0.25, 0.3) is 26.0 Å². The average molecular weight is 556 g/mol. The predicted octanol–water partition coefficient (Wildman–Crippen LogP) is 5.22. The van der Waals surface area contributed by atoms with Gasteiger partial charge in [-0.1, -0.05) is 48.0 Å². The lowest BCUT2D eigenvalue weighted by Crippen LogP contribution is -2.29. The van der Waals surface area contributed by atoms with Crippen LogP contribution in [0, 0.1) is 0 Å². The number of halogens is 1. The molecule has 0 unspecified atom stereocenters. The first-order chi connectivity index (χ1) is 17.6. The van der Waals surface area contributed by atoms with Crippen LogP contribution in [0.1, 0.15) is 10.4 Å². The Morgan fingerprint density at radius 1 is 0.730 bits per heavy atom. The topological polar surface area (TPSA) is 113 Å². The molecule has 0 bridgehead atoms. The van der Waals surface area contributed by atoms with E-state index in [4.69, 9.17) is 11.6 Å². The Hall–Kier alpha value is -3.86. The molecule has 0 fully saturated rings. The van der Waals surface area contributed by atoms with Gasteiger partial charge in [-0.05, 0) is 66.7 Å². The van der Waals surface area contributed by atoms with Crippen LogP contribution in [-0.4, -0.2) is 29.8 Å². The molecule has 0 saturated heterocycles. The molecule has 4 rings (SSSR count). The molecule has 4 aromatic rings. The Bertz CT molecular complexity index is 1640. The number of benzene rings is 4.